The van der Waals surface area contributed by atoms with E-state index in [4.69, 9.17) is 0 Å². The van der Waals surface area contributed by atoms with Crippen LogP contribution in [0.4, 0.5) is 0 Å². The second-order valence-electron chi connectivity index (χ2n) is 13.3. The smallest absolute Gasteiger partial charge is 0.0903 e. The number of rotatable bonds is 0. The van der Waals surface area contributed by atoms with E-state index in [-0.39, 0.29) is 17.6 Å². The monoisotopic (exact) mass is 416 g/mol. The molecule has 6 rings (SSSR count). The van der Waals surface area contributed by atoms with Gasteiger partial charge in [-0.15, -0.1) is 0 Å². The lowest BCUT2D eigenvalue weighted by molar-refractivity contribution is -0.949. The summed E-state index contributed by atoms with van der Waals surface area (Å²) >= 11 is 0. The third-order valence-electron chi connectivity index (χ3n) is 12.2. The normalized spacial score (nSPS) is 62.5. The highest BCUT2D eigenvalue weighted by Crippen LogP contribution is 2.66. The fourth-order valence-electron chi connectivity index (χ4n) is 10.8. The molecule has 0 aromatic heterocycles. The maximum atomic E-state index is 11.2. The summed E-state index contributed by atoms with van der Waals surface area (Å²) in [7, 11) is 0. The van der Waals surface area contributed by atoms with Crippen molar-refractivity contribution >= 4 is 0 Å². The quantitative estimate of drug-likeness (QED) is 0.568. The van der Waals surface area contributed by atoms with Crippen LogP contribution < -0.4 is 4.90 Å². The van der Waals surface area contributed by atoms with Crippen LogP contribution in [0.5, 0.6) is 0 Å². The lowest BCUT2D eigenvalue weighted by atomic mass is 9.51. The zero-order valence-electron chi connectivity index (χ0n) is 19.6. The van der Waals surface area contributed by atoms with Gasteiger partial charge >= 0.3 is 0 Å². The van der Waals surface area contributed by atoms with Crippen LogP contribution in [-0.4, -0.2) is 41.6 Å². The molecule has 14 atom stereocenters. The van der Waals surface area contributed by atoms with Crippen LogP contribution in [0.1, 0.15) is 78.6 Å². The van der Waals surface area contributed by atoms with Crippen LogP contribution >= 0.6 is 0 Å². The zero-order chi connectivity index (χ0) is 20.8. The first-order valence-corrected chi connectivity index (χ1v) is 13.6. The van der Waals surface area contributed by atoms with Crippen molar-refractivity contribution in [2.75, 3.05) is 13.1 Å². The van der Waals surface area contributed by atoms with E-state index < -0.39 is 0 Å². The molecule has 0 aromatic carbocycles. The summed E-state index contributed by atoms with van der Waals surface area (Å²) in [4.78, 5) is 1.96. The fourth-order valence-corrected chi connectivity index (χ4v) is 10.8. The molecule has 4 saturated carbocycles. The van der Waals surface area contributed by atoms with E-state index in [0.29, 0.717) is 5.92 Å². The highest BCUT2D eigenvalue weighted by molar-refractivity contribution is 5.11. The molecule has 3 heteroatoms. The Labute approximate surface area is 184 Å². The van der Waals surface area contributed by atoms with Gasteiger partial charge in [-0.2, -0.15) is 0 Å². The minimum absolute atomic E-state index is 0.175. The van der Waals surface area contributed by atoms with E-state index in [1.807, 2.05) is 4.90 Å². The summed E-state index contributed by atoms with van der Waals surface area (Å²) in [5.74, 6) is 7.41. The first-order chi connectivity index (χ1) is 14.4. The van der Waals surface area contributed by atoms with Gasteiger partial charge in [0.1, 0.15) is 0 Å². The van der Waals surface area contributed by atoms with E-state index in [1.165, 1.54) is 45.2 Å². The van der Waals surface area contributed by atoms with Crippen molar-refractivity contribution < 1.29 is 15.1 Å². The summed E-state index contributed by atoms with van der Waals surface area (Å²) in [5.41, 5.74) is 0.268. The fraction of sp³-hybridized carbons (Fsp3) is 1.00. The van der Waals surface area contributed by atoms with Gasteiger partial charge < -0.3 is 15.1 Å². The third kappa shape index (κ3) is 2.86. The molecule has 0 bridgehead atoms. The van der Waals surface area contributed by atoms with E-state index in [0.717, 1.165) is 79.1 Å². The number of aliphatic hydroxyl groups excluding tert-OH is 2. The molecule has 2 heterocycles. The maximum Gasteiger partial charge on any atom is 0.0903 e. The Hall–Kier alpha value is -0.120. The summed E-state index contributed by atoms with van der Waals surface area (Å²) < 4.78 is 0. The Morgan fingerprint density at radius 3 is 2.37 bits per heavy atom. The van der Waals surface area contributed by atoms with Crippen molar-refractivity contribution in [1.82, 2.24) is 0 Å². The molecule has 0 amide bonds. The molecule has 3 nitrogen and oxygen atoms in total. The van der Waals surface area contributed by atoms with Gasteiger partial charge in [0, 0.05) is 24.2 Å². The third-order valence-corrected chi connectivity index (χ3v) is 12.2. The Kier molecular flexibility index (Phi) is 4.91. The molecule has 2 aliphatic heterocycles. The molecule has 0 radical (unpaired) electrons. The molecule has 0 spiro atoms. The standard InChI is InChI=1S/C27H45NO2/c1-15-4-7-25-16(2)18-5-6-19-20(22(18)14-28(25)13-15)11-23-21(19)12-26(30)24-10-17(29)8-9-27(23,24)3/h15-26,29-30H,4-14H2,1-3H3/p+1/t15-,16-,17+,18?,19?,20?,21?,22?,23?,24-,25?,26+,27?/m1/s1. The zero-order valence-corrected chi connectivity index (χ0v) is 19.6. The number of quaternary nitrogens is 1. The molecule has 170 valence electrons. The molecule has 6 fully saturated rings. The number of fused-ring (bicyclic) bond motifs is 8. The number of hydrogen-bond donors (Lipinski definition) is 3. The highest BCUT2D eigenvalue weighted by atomic mass is 16.3. The van der Waals surface area contributed by atoms with Crippen molar-refractivity contribution in [1.29, 1.82) is 0 Å². The SMILES string of the molecule is C[C@@H]1CCC2[C@H](C)C3CCC4C(CC5C4C[C@H](O)[C@H]4C[C@@H](O)CCC54C)C3C[NH+]2C1. The molecule has 30 heavy (non-hydrogen) atoms. The second-order valence-corrected chi connectivity index (χ2v) is 13.3. The van der Waals surface area contributed by atoms with Crippen LogP contribution in [0, 0.1) is 58.7 Å². The lowest BCUT2D eigenvalue weighted by Crippen LogP contribution is -3.20. The van der Waals surface area contributed by atoms with Gasteiger partial charge in [-0.05, 0) is 92.3 Å². The molecule has 9 unspecified atom stereocenters. The van der Waals surface area contributed by atoms with E-state index >= 15 is 0 Å². The van der Waals surface area contributed by atoms with E-state index in [2.05, 4.69) is 20.8 Å². The number of piperidine rings is 2. The van der Waals surface area contributed by atoms with Crippen LogP contribution in [-0.2, 0) is 0 Å². The van der Waals surface area contributed by atoms with Gasteiger partial charge in [0.15, 0.2) is 0 Å². The van der Waals surface area contributed by atoms with Gasteiger partial charge in [0.25, 0.3) is 0 Å². The molecule has 6 aliphatic rings. The second kappa shape index (κ2) is 7.19. The van der Waals surface area contributed by atoms with Crippen molar-refractivity contribution in [3.63, 3.8) is 0 Å². The molecule has 4 aliphatic carbocycles. The maximum absolute atomic E-state index is 11.2. The lowest BCUT2D eigenvalue weighted by Gasteiger charge is -2.56. The summed E-state index contributed by atoms with van der Waals surface area (Å²) in [6.45, 7) is 10.5. The van der Waals surface area contributed by atoms with Crippen molar-refractivity contribution in [3.8, 4) is 0 Å². The van der Waals surface area contributed by atoms with E-state index in [9.17, 15) is 10.2 Å². The topological polar surface area (TPSA) is 44.9 Å². The minimum atomic E-state index is -0.178. The first kappa shape index (κ1) is 20.5. The van der Waals surface area contributed by atoms with E-state index in [1.54, 1.807) is 0 Å². The van der Waals surface area contributed by atoms with Gasteiger partial charge in [-0.25, -0.2) is 0 Å². The molecular formula is C27H46NO2+. The Bertz CT molecular complexity index is 665. The molecule has 3 N–H and O–H groups in total. The number of nitrogens with one attached hydrogen (secondary N) is 1. The van der Waals surface area contributed by atoms with Crippen molar-refractivity contribution in [2.45, 2.75) is 96.8 Å². The number of aliphatic hydroxyl groups is 2. The van der Waals surface area contributed by atoms with Gasteiger partial charge in [-0.3, -0.25) is 0 Å². The molecule has 0 aromatic rings. The summed E-state index contributed by atoms with van der Waals surface area (Å²) in [5, 5.41) is 21.5. The average Bonchev–Trinajstić information content (AvgIpc) is 3.09. The largest absolute Gasteiger partial charge is 0.393 e. The van der Waals surface area contributed by atoms with Crippen LogP contribution in [0.25, 0.3) is 0 Å². The molecular weight excluding hydrogens is 370 g/mol. The van der Waals surface area contributed by atoms with Crippen LogP contribution in [0.3, 0.4) is 0 Å². The predicted octanol–water partition coefficient (Wildman–Crippen LogP) is 3.15. The van der Waals surface area contributed by atoms with Gasteiger partial charge in [0.2, 0.25) is 0 Å². The van der Waals surface area contributed by atoms with Gasteiger partial charge in [-0.1, -0.05) is 20.8 Å². The highest BCUT2D eigenvalue weighted by Gasteiger charge is 2.63. The van der Waals surface area contributed by atoms with Crippen LogP contribution in [0.2, 0.25) is 0 Å². The minimum Gasteiger partial charge on any atom is -0.393 e. The first-order valence-electron chi connectivity index (χ1n) is 13.6. The van der Waals surface area contributed by atoms with Crippen molar-refractivity contribution in [3.05, 3.63) is 0 Å². The Morgan fingerprint density at radius 1 is 0.733 bits per heavy atom. The van der Waals surface area contributed by atoms with Crippen molar-refractivity contribution in [2.24, 2.45) is 58.7 Å². The summed E-state index contributed by atoms with van der Waals surface area (Å²) in [6.07, 6.45) is 10.9. The van der Waals surface area contributed by atoms with Gasteiger partial charge in [0.05, 0.1) is 31.3 Å². The average molecular weight is 417 g/mol. The summed E-state index contributed by atoms with van der Waals surface area (Å²) in [6, 6.07) is 0.936. The predicted molar refractivity (Wildman–Crippen MR) is 119 cm³/mol. The molecule has 2 saturated heterocycles. The Morgan fingerprint density at radius 2 is 1.53 bits per heavy atom. The Balaban J connectivity index is 1.28. The number of hydrogen-bond acceptors (Lipinski definition) is 2. The van der Waals surface area contributed by atoms with Crippen LogP contribution in [0.15, 0.2) is 0 Å².